The Hall–Kier alpha value is -8.41. The fourth-order valence-corrected chi connectivity index (χ4v) is 9.22. The van der Waals surface area contributed by atoms with Gasteiger partial charge in [-0.25, -0.2) is 4.98 Å². The average Bonchev–Trinajstić information content (AvgIpc) is 3.87. The second kappa shape index (κ2) is 14.7. The molecule has 5 nitrogen and oxygen atoms in total. The van der Waals surface area contributed by atoms with Gasteiger partial charge in [0.1, 0.15) is 0 Å². The zero-order valence-electron chi connectivity index (χ0n) is 33.6. The molecule has 0 saturated carbocycles. The van der Waals surface area contributed by atoms with Gasteiger partial charge in [0.05, 0.1) is 27.8 Å². The second-order valence-corrected chi connectivity index (χ2v) is 15.6. The van der Waals surface area contributed by atoms with Gasteiger partial charge in [-0.2, -0.15) is 9.97 Å². The van der Waals surface area contributed by atoms with E-state index in [1.165, 1.54) is 11.1 Å². The minimum absolute atomic E-state index is 0.566. The molecule has 0 unspecified atom stereocenters. The standard InChI is InChI=1S/C57H37N5/c1-5-19-38(20-6-1)42-27-17-28-43(37-42)45-32-18-31-44(39-21-7-2-8-22-39)53(45)61-50-34-16-14-30-48(50)52-51(61)36-35-47-46-29-13-15-33-49(46)62(54(47)52)57-59-55(40-23-9-3-10-24-40)58-56(60-57)41-25-11-4-12-26-41/h1-37H. The molecule has 0 fully saturated rings. The summed E-state index contributed by atoms with van der Waals surface area (Å²) in [7, 11) is 0. The molecule has 0 amide bonds. The third-order valence-electron chi connectivity index (χ3n) is 12.0. The van der Waals surface area contributed by atoms with Crippen molar-refractivity contribution in [3.63, 3.8) is 0 Å². The molecule has 0 bridgehead atoms. The van der Waals surface area contributed by atoms with Gasteiger partial charge in [0, 0.05) is 43.8 Å². The van der Waals surface area contributed by atoms with Crippen molar-refractivity contribution in [1.29, 1.82) is 0 Å². The van der Waals surface area contributed by atoms with E-state index in [-0.39, 0.29) is 0 Å². The molecule has 9 aromatic carbocycles. The van der Waals surface area contributed by atoms with E-state index in [2.05, 4.69) is 197 Å². The predicted molar refractivity (Wildman–Crippen MR) is 256 cm³/mol. The molecular weight excluding hydrogens is 755 g/mol. The lowest BCUT2D eigenvalue weighted by Gasteiger charge is -2.19. The van der Waals surface area contributed by atoms with Crippen LogP contribution in [0.2, 0.25) is 0 Å². The van der Waals surface area contributed by atoms with Gasteiger partial charge in [-0.1, -0.05) is 200 Å². The van der Waals surface area contributed by atoms with Gasteiger partial charge in [-0.05, 0) is 46.5 Å². The summed E-state index contributed by atoms with van der Waals surface area (Å²) in [4.78, 5) is 15.7. The third kappa shape index (κ3) is 5.82. The zero-order valence-corrected chi connectivity index (χ0v) is 33.6. The largest absolute Gasteiger partial charge is 0.308 e. The van der Waals surface area contributed by atoms with E-state index in [1.54, 1.807) is 0 Å². The summed E-state index contributed by atoms with van der Waals surface area (Å²) >= 11 is 0. The van der Waals surface area contributed by atoms with Crippen LogP contribution in [-0.4, -0.2) is 24.1 Å². The van der Waals surface area contributed by atoms with Crippen LogP contribution in [0.25, 0.3) is 111 Å². The number of para-hydroxylation sites is 3. The van der Waals surface area contributed by atoms with Gasteiger partial charge in [0.2, 0.25) is 5.95 Å². The van der Waals surface area contributed by atoms with Crippen molar-refractivity contribution >= 4 is 43.6 Å². The Balaban J connectivity index is 1.20. The van der Waals surface area contributed by atoms with E-state index in [9.17, 15) is 0 Å². The lowest BCUT2D eigenvalue weighted by atomic mass is 9.93. The number of aromatic nitrogens is 5. The van der Waals surface area contributed by atoms with Crippen LogP contribution in [0.1, 0.15) is 0 Å². The maximum Gasteiger partial charge on any atom is 0.238 e. The Kier molecular flexibility index (Phi) is 8.42. The first kappa shape index (κ1) is 35.5. The number of rotatable bonds is 7. The normalized spacial score (nSPS) is 11.5. The Morgan fingerprint density at radius 2 is 0.774 bits per heavy atom. The van der Waals surface area contributed by atoms with Crippen molar-refractivity contribution < 1.29 is 0 Å². The number of benzene rings is 9. The maximum absolute atomic E-state index is 5.30. The molecule has 12 aromatic rings. The maximum atomic E-state index is 5.30. The summed E-state index contributed by atoms with van der Waals surface area (Å²) in [6.45, 7) is 0. The second-order valence-electron chi connectivity index (χ2n) is 15.6. The molecule has 62 heavy (non-hydrogen) atoms. The molecule has 0 atom stereocenters. The van der Waals surface area contributed by atoms with Crippen molar-refractivity contribution in [3.05, 3.63) is 224 Å². The SMILES string of the molecule is c1ccc(-c2cccc(-c3cccc(-c4ccccc4)c3-n3c4ccccc4c4c3ccc3c5ccccc5n(-c5nc(-c6ccccc6)nc(-c6ccccc6)n5)c34)c2)cc1. The highest BCUT2D eigenvalue weighted by Crippen LogP contribution is 2.45. The van der Waals surface area contributed by atoms with Crippen LogP contribution in [0.5, 0.6) is 0 Å². The molecule has 3 aromatic heterocycles. The first-order chi connectivity index (χ1) is 30.8. The van der Waals surface area contributed by atoms with Crippen LogP contribution in [-0.2, 0) is 0 Å². The highest BCUT2D eigenvalue weighted by atomic mass is 15.2. The Labute approximate surface area is 358 Å². The van der Waals surface area contributed by atoms with Crippen LogP contribution in [0, 0.1) is 0 Å². The number of nitrogens with zero attached hydrogens (tertiary/aromatic N) is 5. The highest BCUT2D eigenvalue weighted by molar-refractivity contribution is 6.26. The molecular formula is C57H37N5. The quantitative estimate of drug-likeness (QED) is 0.162. The van der Waals surface area contributed by atoms with E-state index in [4.69, 9.17) is 15.0 Å². The minimum atomic E-state index is 0.566. The molecule has 0 saturated heterocycles. The van der Waals surface area contributed by atoms with Gasteiger partial charge in [0.25, 0.3) is 0 Å². The number of hydrogen-bond acceptors (Lipinski definition) is 3. The van der Waals surface area contributed by atoms with Crippen LogP contribution in [0.15, 0.2) is 224 Å². The summed E-state index contributed by atoms with van der Waals surface area (Å²) < 4.78 is 4.74. The van der Waals surface area contributed by atoms with Crippen LogP contribution >= 0.6 is 0 Å². The van der Waals surface area contributed by atoms with Crippen molar-refractivity contribution in [2.75, 3.05) is 0 Å². The molecule has 290 valence electrons. The van der Waals surface area contributed by atoms with E-state index < -0.39 is 0 Å². The van der Waals surface area contributed by atoms with Gasteiger partial charge in [-0.3, -0.25) is 4.57 Å². The van der Waals surface area contributed by atoms with Crippen molar-refractivity contribution in [1.82, 2.24) is 24.1 Å². The molecule has 0 spiro atoms. The molecule has 5 heteroatoms. The lowest BCUT2D eigenvalue weighted by Crippen LogP contribution is -2.06. The highest BCUT2D eigenvalue weighted by Gasteiger charge is 2.25. The number of fused-ring (bicyclic) bond motifs is 7. The first-order valence-electron chi connectivity index (χ1n) is 21.0. The molecule has 12 rings (SSSR count). The fourth-order valence-electron chi connectivity index (χ4n) is 9.22. The molecule has 0 aliphatic heterocycles. The molecule has 0 N–H and O–H groups in total. The summed E-state index contributed by atoms with van der Waals surface area (Å²) in [5.41, 5.74) is 14.2. The summed E-state index contributed by atoms with van der Waals surface area (Å²) in [5, 5.41) is 4.53. The molecule has 3 heterocycles. The van der Waals surface area contributed by atoms with E-state index in [0.717, 1.165) is 82.7 Å². The van der Waals surface area contributed by atoms with E-state index in [1.807, 2.05) is 36.4 Å². The zero-order chi connectivity index (χ0) is 41.0. The van der Waals surface area contributed by atoms with Crippen LogP contribution in [0.3, 0.4) is 0 Å². The van der Waals surface area contributed by atoms with Gasteiger partial charge >= 0.3 is 0 Å². The molecule has 0 aliphatic carbocycles. The van der Waals surface area contributed by atoms with Gasteiger partial charge in [0.15, 0.2) is 11.6 Å². The van der Waals surface area contributed by atoms with E-state index >= 15 is 0 Å². The van der Waals surface area contributed by atoms with Crippen molar-refractivity contribution in [3.8, 4) is 67.8 Å². The Morgan fingerprint density at radius 3 is 1.42 bits per heavy atom. The van der Waals surface area contributed by atoms with Crippen LogP contribution < -0.4 is 0 Å². The van der Waals surface area contributed by atoms with Crippen molar-refractivity contribution in [2.24, 2.45) is 0 Å². The topological polar surface area (TPSA) is 48.5 Å². The number of hydrogen-bond donors (Lipinski definition) is 0. The third-order valence-corrected chi connectivity index (χ3v) is 12.0. The van der Waals surface area contributed by atoms with Gasteiger partial charge < -0.3 is 4.57 Å². The van der Waals surface area contributed by atoms with Crippen LogP contribution in [0.4, 0.5) is 0 Å². The lowest BCUT2D eigenvalue weighted by molar-refractivity contribution is 0.955. The predicted octanol–water partition coefficient (Wildman–Crippen LogP) is 14.4. The molecule has 0 aliphatic rings. The first-order valence-corrected chi connectivity index (χ1v) is 21.0. The molecule has 0 radical (unpaired) electrons. The van der Waals surface area contributed by atoms with Crippen molar-refractivity contribution in [2.45, 2.75) is 0 Å². The van der Waals surface area contributed by atoms with Gasteiger partial charge in [-0.15, -0.1) is 0 Å². The fraction of sp³-hybridized carbons (Fsp3) is 0. The summed E-state index contributed by atoms with van der Waals surface area (Å²) in [6.07, 6.45) is 0. The Morgan fingerprint density at radius 1 is 0.290 bits per heavy atom. The average molecular weight is 792 g/mol. The summed E-state index contributed by atoms with van der Waals surface area (Å²) in [6, 6.07) is 79.4. The summed E-state index contributed by atoms with van der Waals surface area (Å²) in [5.74, 6) is 1.81. The Bertz CT molecular complexity index is 3550. The monoisotopic (exact) mass is 791 g/mol. The van der Waals surface area contributed by atoms with E-state index in [0.29, 0.717) is 17.6 Å². The smallest absolute Gasteiger partial charge is 0.238 e. The minimum Gasteiger partial charge on any atom is -0.308 e.